The van der Waals surface area contributed by atoms with E-state index in [1.807, 2.05) is 12.1 Å². The third kappa shape index (κ3) is 6.52. The fourth-order valence-electron chi connectivity index (χ4n) is 2.54. The minimum atomic E-state index is 0. The molecule has 4 heteroatoms. The van der Waals surface area contributed by atoms with Gasteiger partial charge in [-0.25, -0.2) is 0 Å². The largest absolute Gasteiger partial charge is 0.147 e. The third-order valence-corrected chi connectivity index (χ3v) is 6.31. The summed E-state index contributed by atoms with van der Waals surface area (Å²) in [4.78, 5) is 14.6. The first kappa shape index (κ1) is 18.7. The first-order valence-electron chi connectivity index (χ1n) is 7.78. The average Bonchev–Trinajstić information content (AvgIpc) is 2.52. The van der Waals surface area contributed by atoms with Gasteiger partial charge in [-0.3, -0.25) is 0 Å². The Hall–Kier alpha value is -0.341. The summed E-state index contributed by atoms with van der Waals surface area (Å²) in [5.74, 6) is 0.296. The maximum absolute atomic E-state index is 12.2. The second kappa shape index (κ2) is 10.4. The predicted octanol–water partition coefficient (Wildman–Crippen LogP) is 3.32. The van der Waals surface area contributed by atoms with Crippen molar-refractivity contribution in [3.63, 3.8) is 0 Å². The van der Waals surface area contributed by atoms with Crippen molar-refractivity contribution in [3.8, 4) is 0 Å². The first-order valence-corrected chi connectivity index (χ1v) is 9.85. The Morgan fingerprint density at radius 1 is 1.14 bits per heavy atom. The van der Waals surface area contributed by atoms with Gasteiger partial charge in [-0.1, -0.05) is 0 Å². The molecule has 0 aliphatic carbocycles. The predicted molar refractivity (Wildman–Crippen MR) is 93.4 cm³/mol. The van der Waals surface area contributed by atoms with Crippen LogP contribution >= 0.6 is 12.4 Å². The summed E-state index contributed by atoms with van der Waals surface area (Å²) in [6, 6.07) is 8.32. The van der Waals surface area contributed by atoms with Crippen molar-refractivity contribution < 1.29 is 4.79 Å². The molecule has 21 heavy (non-hydrogen) atoms. The summed E-state index contributed by atoms with van der Waals surface area (Å²) in [6.45, 7) is 5.50. The third-order valence-electron chi connectivity index (χ3n) is 3.75. The quantitative estimate of drug-likeness (QED) is 0.539. The van der Waals surface area contributed by atoms with Crippen molar-refractivity contribution in [2.75, 3.05) is 19.6 Å². The van der Waals surface area contributed by atoms with Gasteiger partial charge >= 0.3 is 129 Å². The number of hydrogen-bond donors (Lipinski definition) is 0. The number of halogens is 1. The molecule has 1 fully saturated rings. The van der Waals surface area contributed by atoms with Crippen molar-refractivity contribution in [2.24, 2.45) is 0 Å². The summed E-state index contributed by atoms with van der Waals surface area (Å²) in [5, 5.41) is 1.29. The molecular formula is C17H26ClNOSe. The van der Waals surface area contributed by atoms with E-state index in [9.17, 15) is 4.79 Å². The number of likely N-dealkylation sites (tertiary alicyclic amines) is 1. The van der Waals surface area contributed by atoms with Crippen molar-refractivity contribution >= 4 is 37.6 Å². The Morgan fingerprint density at radius 2 is 1.81 bits per heavy atom. The van der Waals surface area contributed by atoms with Crippen LogP contribution in [-0.4, -0.2) is 45.3 Å². The molecule has 1 saturated heterocycles. The number of carbonyl (C=O) groups is 1. The molecule has 1 aromatic carbocycles. The van der Waals surface area contributed by atoms with E-state index in [0.717, 1.165) is 12.1 Å². The number of carbonyl (C=O) groups excluding carboxylic acids is 1. The minimum Gasteiger partial charge on any atom is -0.147 e. The van der Waals surface area contributed by atoms with E-state index in [4.69, 9.17) is 0 Å². The molecular weight excluding hydrogens is 349 g/mol. The Bertz CT molecular complexity index is 415. The van der Waals surface area contributed by atoms with Crippen molar-refractivity contribution in [3.05, 3.63) is 29.8 Å². The van der Waals surface area contributed by atoms with Gasteiger partial charge in [0, 0.05) is 0 Å². The summed E-state index contributed by atoms with van der Waals surface area (Å²) in [6.07, 6.45) is 5.85. The number of benzene rings is 1. The van der Waals surface area contributed by atoms with Gasteiger partial charge in [0.25, 0.3) is 0 Å². The van der Waals surface area contributed by atoms with Crippen LogP contribution in [0.25, 0.3) is 0 Å². The second-order valence-electron chi connectivity index (χ2n) is 5.45. The van der Waals surface area contributed by atoms with Gasteiger partial charge in [-0.2, -0.15) is 0 Å². The number of nitrogens with zero attached hydrogens (tertiary/aromatic N) is 1. The Labute approximate surface area is 141 Å². The van der Waals surface area contributed by atoms with Crippen LogP contribution in [0.2, 0.25) is 5.32 Å². The van der Waals surface area contributed by atoms with Gasteiger partial charge in [-0.15, -0.1) is 12.4 Å². The standard InChI is InChI=1S/C17H25NOSe.ClH/c1-2-14-20-16-8-6-15(7-9-16)17(19)10-13-18-11-4-3-5-12-18;/h6-9H,2-5,10-14H2,1H3;1H. The van der Waals surface area contributed by atoms with Gasteiger partial charge in [-0.05, 0) is 0 Å². The molecule has 0 aromatic heterocycles. The number of Topliss-reactive ketones (excluding diaryl/α,β-unsaturated/α-hetero) is 1. The van der Waals surface area contributed by atoms with Gasteiger partial charge in [0.2, 0.25) is 0 Å². The summed E-state index contributed by atoms with van der Waals surface area (Å²) in [7, 11) is 0. The minimum absolute atomic E-state index is 0. The number of hydrogen-bond acceptors (Lipinski definition) is 2. The van der Waals surface area contributed by atoms with Crippen LogP contribution in [0, 0.1) is 0 Å². The fraction of sp³-hybridized carbons (Fsp3) is 0.588. The van der Waals surface area contributed by atoms with Crippen LogP contribution in [0.4, 0.5) is 0 Å². The molecule has 1 heterocycles. The number of ketones is 1. The Balaban J connectivity index is 0.00000220. The van der Waals surface area contributed by atoms with E-state index in [2.05, 4.69) is 24.0 Å². The number of rotatable bonds is 7. The molecule has 1 aliphatic heterocycles. The van der Waals surface area contributed by atoms with Crippen molar-refractivity contribution in [2.45, 2.75) is 44.3 Å². The van der Waals surface area contributed by atoms with E-state index < -0.39 is 0 Å². The summed E-state index contributed by atoms with van der Waals surface area (Å²) < 4.78 is 1.41. The molecule has 0 saturated carbocycles. The van der Waals surface area contributed by atoms with Crippen LogP contribution < -0.4 is 4.46 Å². The average molecular weight is 375 g/mol. The van der Waals surface area contributed by atoms with Crippen LogP contribution in [-0.2, 0) is 0 Å². The molecule has 1 aromatic rings. The maximum atomic E-state index is 12.2. The van der Waals surface area contributed by atoms with Gasteiger partial charge in [0.15, 0.2) is 0 Å². The fourth-order valence-corrected chi connectivity index (χ4v) is 4.16. The van der Waals surface area contributed by atoms with Crippen LogP contribution in [0.1, 0.15) is 49.4 Å². The van der Waals surface area contributed by atoms with E-state index in [1.165, 1.54) is 48.6 Å². The normalized spacial score (nSPS) is 15.5. The molecule has 118 valence electrons. The van der Waals surface area contributed by atoms with Crippen LogP contribution in [0.15, 0.2) is 24.3 Å². The van der Waals surface area contributed by atoms with Gasteiger partial charge < -0.3 is 0 Å². The van der Waals surface area contributed by atoms with Crippen molar-refractivity contribution in [1.29, 1.82) is 0 Å². The molecule has 1 aliphatic rings. The van der Waals surface area contributed by atoms with Crippen molar-refractivity contribution in [1.82, 2.24) is 4.90 Å². The molecule has 0 bridgehead atoms. The maximum Gasteiger partial charge on any atom is -0.147 e. The Morgan fingerprint density at radius 3 is 2.43 bits per heavy atom. The van der Waals surface area contributed by atoms with E-state index >= 15 is 0 Å². The topological polar surface area (TPSA) is 20.3 Å². The van der Waals surface area contributed by atoms with Crippen LogP contribution in [0.3, 0.4) is 0 Å². The summed E-state index contributed by atoms with van der Waals surface area (Å²) >= 11 is 0.574. The molecule has 0 amide bonds. The molecule has 0 N–H and O–H groups in total. The molecule has 2 nitrogen and oxygen atoms in total. The van der Waals surface area contributed by atoms with Gasteiger partial charge in [0.1, 0.15) is 0 Å². The number of piperidine rings is 1. The zero-order valence-corrected chi connectivity index (χ0v) is 15.4. The SMILES string of the molecule is CCC[Se]c1ccc(C(=O)CCN2CCCCC2)cc1.Cl. The first-order chi connectivity index (χ1) is 9.79. The zero-order chi connectivity index (χ0) is 14.2. The van der Waals surface area contributed by atoms with Gasteiger partial charge in [0.05, 0.1) is 0 Å². The molecule has 0 atom stereocenters. The molecule has 0 radical (unpaired) electrons. The molecule has 0 spiro atoms. The Kier molecular flexibility index (Phi) is 9.26. The van der Waals surface area contributed by atoms with E-state index in [1.54, 1.807) is 0 Å². The molecule has 0 unspecified atom stereocenters. The van der Waals surface area contributed by atoms with E-state index in [-0.39, 0.29) is 12.4 Å². The van der Waals surface area contributed by atoms with Crippen LogP contribution in [0.5, 0.6) is 0 Å². The monoisotopic (exact) mass is 375 g/mol. The zero-order valence-electron chi connectivity index (χ0n) is 12.8. The smallest absolute Gasteiger partial charge is 0.147 e. The summed E-state index contributed by atoms with van der Waals surface area (Å²) in [5.41, 5.74) is 0.887. The molecule has 2 rings (SSSR count). The second-order valence-corrected chi connectivity index (χ2v) is 7.90. The van der Waals surface area contributed by atoms with E-state index in [0.29, 0.717) is 27.2 Å².